The van der Waals surface area contributed by atoms with Crippen molar-refractivity contribution in [3.8, 4) is 5.75 Å². The molecule has 1 N–H and O–H groups in total. The minimum Gasteiger partial charge on any atom is -0.494 e. The van der Waals surface area contributed by atoms with Crippen molar-refractivity contribution in [2.45, 2.75) is 18.4 Å². The van der Waals surface area contributed by atoms with E-state index in [1.807, 2.05) is 37.3 Å². The monoisotopic (exact) mass is 356 g/mol. The normalized spacial score (nSPS) is 13.0. The summed E-state index contributed by atoms with van der Waals surface area (Å²) in [6, 6.07) is 13.2. The molecule has 130 valence electrons. The Kier molecular flexibility index (Phi) is 5.28. The summed E-state index contributed by atoms with van der Waals surface area (Å²) in [5.41, 5.74) is 2.30. The highest BCUT2D eigenvalue weighted by atomic mass is 32.2. The number of rotatable bonds is 5. The van der Waals surface area contributed by atoms with Crippen LogP contribution in [0, 0.1) is 0 Å². The summed E-state index contributed by atoms with van der Waals surface area (Å²) in [5, 5.41) is 2.82. The van der Waals surface area contributed by atoms with Crippen molar-refractivity contribution in [2.24, 2.45) is 0 Å². The van der Waals surface area contributed by atoms with E-state index in [2.05, 4.69) is 5.32 Å². The molecule has 1 heterocycles. The van der Waals surface area contributed by atoms with Crippen LogP contribution in [0.15, 0.2) is 47.4 Å². The van der Waals surface area contributed by atoms with Gasteiger partial charge in [-0.2, -0.15) is 0 Å². The van der Waals surface area contributed by atoms with Crippen molar-refractivity contribution in [2.75, 3.05) is 24.7 Å². The van der Waals surface area contributed by atoms with Gasteiger partial charge in [0.25, 0.3) is 5.91 Å². The number of nitrogens with zero attached hydrogens (tertiary/aromatic N) is 1. The van der Waals surface area contributed by atoms with Gasteiger partial charge in [-0.25, -0.2) is 0 Å². The molecule has 5 nitrogen and oxygen atoms in total. The average Bonchev–Trinajstić information content (AvgIpc) is 2.62. The van der Waals surface area contributed by atoms with Gasteiger partial charge in [0.15, 0.2) is 0 Å². The number of carbonyl (C=O) groups excluding carboxylic acids is 2. The number of thioether (sulfide) groups is 1. The second-order valence-corrected chi connectivity index (χ2v) is 6.80. The van der Waals surface area contributed by atoms with Gasteiger partial charge < -0.3 is 15.0 Å². The molecule has 1 aliphatic heterocycles. The Hall–Kier alpha value is -2.47. The summed E-state index contributed by atoms with van der Waals surface area (Å²) in [5.74, 6) is 1.12. The van der Waals surface area contributed by atoms with Crippen molar-refractivity contribution >= 4 is 29.3 Å². The zero-order valence-electron chi connectivity index (χ0n) is 14.2. The number of hydrogen-bond acceptors (Lipinski definition) is 4. The zero-order valence-corrected chi connectivity index (χ0v) is 15.1. The van der Waals surface area contributed by atoms with Gasteiger partial charge >= 0.3 is 0 Å². The molecule has 3 rings (SSSR count). The molecule has 0 saturated heterocycles. The highest BCUT2D eigenvalue weighted by Crippen LogP contribution is 2.32. The van der Waals surface area contributed by atoms with Gasteiger partial charge in [-0.3, -0.25) is 9.59 Å². The van der Waals surface area contributed by atoms with Crippen molar-refractivity contribution in [1.29, 1.82) is 0 Å². The third-order valence-corrected chi connectivity index (χ3v) is 4.93. The first-order valence-electron chi connectivity index (χ1n) is 8.10. The maximum atomic E-state index is 12.7. The molecular formula is C19H20N2O3S. The van der Waals surface area contributed by atoms with Crippen LogP contribution in [-0.2, 0) is 11.3 Å². The maximum Gasteiger partial charge on any atom is 0.253 e. The smallest absolute Gasteiger partial charge is 0.253 e. The lowest BCUT2D eigenvalue weighted by Gasteiger charge is -2.20. The first kappa shape index (κ1) is 17.4. The average molecular weight is 356 g/mol. The van der Waals surface area contributed by atoms with Gasteiger partial charge in [0.2, 0.25) is 5.91 Å². The van der Waals surface area contributed by atoms with Crippen LogP contribution in [0.2, 0.25) is 0 Å². The minimum atomic E-state index is -0.0819. The van der Waals surface area contributed by atoms with Crippen molar-refractivity contribution in [3.05, 3.63) is 53.6 Å². The number of fused-ring (bicyclic) bond motifs is 1. The number of hydrogen-bond donors (Lipinski definition) is 1. The molecule has 0 unspecified atom stereocenters. The first-order chi connectivity index (χ1) is 12.1. The fourth-order valence-electron chi connectivity index (χ4n) is 2.64. The van der Waals surface area contributed by atoms with E-state index in [1.54, 1.807) is 24.1 Å². The standard InChI is InChI=1S/C19H20N2O3S/c1-3-24-15-7-4-13(5-8-15)11-21(2)19(23)14-6-9-17-16(10-14)20-18(22)12-25-17/h4-10H,3,11-12H2,1-2H3,(H,20,22). The van der Waals surface area contributed by atoms with Crippen LogP contribution in [0.25, 0.3) is 0 Å². The van der Waals surface area contributed by atoms with E-state index >= 15 is 0 Å². The zero-order chi connectivity index (χ0) is 17.8. The van der Waals surface area contributed by atoms with Gasteiger partial charge in [-0.1, -0.05) is 12.1 Å². The molecule has 0 aromatic heterocycles. The van der Waals surface area contributed by atoms with Crippen molar-refractivity contribution in [3.63, 3.8) is 0 Å². The third kappa shape index (κ3) is 4.14. The van der Waals surface area contributed by atoms with Gasteiger partial charge in [-0.05, 0) is 42.8 Å². The molecule has 1 aliphatic rings. The molecule has 2 aromatic carbocycles. The second kappa shape index (κ2) is 7.61. The number of anilines is 1. The van der Waals surface area contributed by atoms with Crippen LogP contribution in [0.4, 0.5) is 5.69 Å². The Labute approximate surface area is 151 Å². The van der Waals surface area contributed by atoms with E-state index in [1.165, 1.54) is 11.8 Å². The van der Waals surface area contributed by atoms with Crippen LogP contribution in [0.5, 0.6) is 5.75 Å². The Morgan fingerprint density at radius 1 is 1.24 bits per heavy atom. The Balaban J connectivity index is 1.69. The van der Waals surface area contributed by atoms with Gasteiger partial charge in [0, 0.05) is 24.1 Å². The van der Waals surface area contributed by atoms with Crippen LogP contribution >= 0.6 is 11.8 Å². The minimum absolute atomic E-state index is 0.0372. The van der Waals surface area contributed by atoms with E-state index in [9.17, 15) is 9.59 Å². The summed E-state index contributed by atoms with van der Waals surface area (Å²) in [7, 11) is 1.77. The van der Waals surface area contributed by atoms with Gasteiger partial charge in [-0.15, -0.1) is 11.8 Å². The SMILES string of the molecule is CCOc1ccc(CN(C)C(=O)c2ccc3c(c2)NC(=O)CS3)cc1. The number of carbonyl (C=O) groups is 2. The van der Waals surface area contributed by atoms with Crippen molar-refractivity contribution < 1.29 is 14.3 Å². The molecule has 0 bridgehead atoms. The Morgan fingerprint density at radius 2 is 2.00 bits per heavy atom. The fraction of sp³-hybridized carbons (Fsp3) is 0.263. The maximum absolute atomic E-state index is 12.7. The molecule has 2 aromatic rings. The summed E-state index contributed by atoms with van der Waals surface area (Å²) >= 11 is 1.48. The van der Waals surface area contributed by atoms with Crippen molar-refractivity contribution in [1.82, 2.24) is 4.90 Å². The fourth-order valence-corrected chi connectivity index (χ4v) is 3.43. The lowest BCUT2D eigenvalue weighted by molar-refractivity contribution is -0.113. The summed E-state index contributed by atoms with van der Waals surface area (Å²) < 4.78 is 5.43. The number of benzene rings is 2. The van der Waals surface area contributed by atoms with Crippen LogP contribution in [0.1, 0.15) is 22.8 Å². The van der Waals surface area contributed by atoms with E-state index in [-0.39, 0.29) is 11.8 Å². The number of ether oxygens (including phenoxy) is 1. The number of amides is 2. The highest BCUT2D eigenvalue weighted by Gasteiger charge is 2.19. The molecule has 0 spiro atoms. The lowest BCUT2D eigenvalue weighted by Crippen LogP contribution is -2.26. The van der Waals surface area contributed by atoms with E-state index < -0.39 is 0 Å². The molecular weight excluding hydrogens is 336 g/mol. The molecule has 25 heavy (non-hydrogen) atoms. The first-order valence-corrected chi connectivity index (χ1v) is 9.09. The molecule has 0 radical (unpaired) electrons. The highest BCUT2D eigenvalue weighted by molar-refractivity contribution is 8.00. The molecule has 6 heteroatoms. The van der Waals surface area contributed by atoms with Gasteiger partial charge in [0.05, 0.1) is 18.0 Å². The third-order valence-electron chi connectivity index (χ3n) is 3.86. The summed E-state index contributed by atoms with van der Waals surface area (Å²) in [4.78, 5) is 26.8. The Bertz CT molecular complexity index is 790. The number of nitrogens with one attached hydrogen (secondary N) is 1. The van der Waals surface area contributed by atoms with E-state index in [0.29, 0.717) is 30.2 Å². The van der Waals surface area contributed by atoms with E-state index in [4.69, 9.17) is 4.74 Å². The van der Waals surface area contributed by atoms with Crippen LogP contribution < -0.4 is 10.1 Å². The predicted octanol–water partition coefficient (Wildman–Crippen LogP) is 3.40. The predicted molar refractivity (Wildman–Crippen MR) is 99.2 cm³/mol. The second-order valence-electron chi connectivity index (χ2n) is 5.79. The molecule has 0 aliphatic carbocycles. The Morgan fingerprint density at radius 3 is 2.72 bits per heavy atom. The van der Waals surface area contributed by atoms with Gasteiger partial charge in [0.1, 0.15) is 5.75 Å². The summed E-state index contributed by atoms with van der Waals surface area (Å²) in [6.07, 6.45) is 0. The molecule has 0 atom stereocenters. The van der Waals surface area contributed by atoms with Crippen LogP contribution in [-0.4, -0.2) is 36.1 Å². The topological polar surface area (TPSA) is 58.6 Å². The summed E-state index contributed by atoms with van der Waals surface area (Å²) in [6.45, 7) is 3.08. The largest absolute Gasteiger partial charge is 0.494 e. The molecule has 0 saturated carbocycles. The lowest BCUT2D eigenvalue weighted by atomic mass is 10.1. The van der Waals surface area contributed by atoms with Crippen LogP contribution in [0.3, 0.4) is 0 Å². The quantitative estimate of drug-likeness (QED) is 0.892. The molecule has 2 amide bonds. The van der Waals surface area contributed by atoms with E-state index in [0.717, 1.165) is 16.2 Å². The molecule has 0 fully saturated rings.